The Balaban J connectivity index is 3.85. The Morgan fingerprint density at radius 3 is 2.08 bits per heavy atom. The van der Waals surface area contributed by atoms with Gasteiger partial charge >= 0.3 is 0 Å². The van der Waals surface area contributed by atoms with E-state index in [2.05, 4.69) is 34.6 Å². The first-order valence-corrected chi connectivity index (χ1v) is 6.04. The third-order valence-corrected chi connectivity index (χ3v) is 2.78. The number of hydrogen-bond acceptors (Lipinski definition) is 1. The summed E-state index contributed by atoms with van der Waals surface area (Å²) in [6.07, 6.45) is 5.12. The van der Waals surface area contributed by atoms with Gasteiger partial charge in [-0.15, -0.1) is 0 Å². The van der Waals surface area contributed by atoms with Crippen LogP contribution in [0.25, 0.3) is 0 Å². The highest BCUT2D eigenvalue weighted by Gasteiger charge is 2.22. The van der Waals surface area contributed by atoms with Gasteiger partial charge in [-0.1, -0.05) is 47.5 Å². The van der Waals surface area contributed by atoms with Crippen LogP contribution < -0.4 is 0 Å². The highest BCUT2D eigenvalue weighted by atomic mass is 32.1. The van der Waals surface area contributed by atoms with Gasteiger partial charge < -0.3 is 0 Å². The second-order valence-electron chi connectivity index (χ2n) is 5.19. The summed E-state index contributed by atoms with van der Waals surface area (Å²) in [6, 6.07) is 0. The minimum Gasteiger partial charge on any atom is -0.173 e. The molecule has 0 aromatic heterocycles. The van der Waals surface area contributed by atoms with Crippen molar-refractivity contribution in [3.05, 3.63) is 0 Å². The van der Waals surface area contributed by atoms with Crippen LogP contribution >= 0.6 is 12.6 Å². The Kier molecular flexibility index (Phi) is 6.11. The predicted octanol–water partition coefficient (Wildman–Crippen LogP) is 4.55. The molecule has 2 unspecified atom stereocenters. The van der Waals surface area contributed by atoms with Gasteiger partial charge in [0, 0.05) is 4.75 Å². The van der Waals surface area contributed by atoms with Crippen molar-refractivity contribution >= 4 is 12.6 Å². The molecule has 80 valence electrons. The fourth-order valence-corrected chi connectivity index (χ4v) is 2.99. The van der Waals surface area contributed by atoms with E-state index in [1.54, 1.807) is 0 Å². The predicted molar refractivity (Wildman–Crippen MR) is 65.5 cm³/mol. The molecule has 0 aromatic carbocycles. The molecule has 0 heterocycles. The van der Waals surface area contributed by atoms with Crippen molar-refractivity contribution in [2.24, 2.45) is 11.8 Å². The molecular formula is C12H26S. The van der Waals surface area contributed by atoms with Crippen LogP contribution in [0.15, 0.2) is 0 Å². The summed E-state index contributed by atoms with van der Waals surface area (Å²) in [5.41, 5.74) is 0. The largest absolute Gasteiger partial charge is 0.173 e. The zero-order valence-electron chi connectivity index (χ0n) is 9.93. The Bertz CT molecular complexity index is 127. The first-order valence-electron chi connectivity index (χ1n) is 5.59. The maximum Gasteiger partial charge on any atom is 0.0106 e. The maximum atomic E-state index is 4.76. The molecule has 0 radical (unpaired) electrons. The summed E-state index contributed by atoms with van der Waals surface area (Å²) in [5.74, 6) is 1.59. The summed E-state index contributed by atoms with van der Waals surface area (Å²) < 4.78 is 0.239. The molecule has 0 N–H and O–H groups in total. The molecule has 13 heavy (non-hydrogen) atoms. The number of rotatable bonds is 6. The van der Waals surface area contributed by atoms with E-state index in [1.807, 2.05) is 0 Å². The van der Waals surface area contributed by atoms with Crippen molar-refractivity contribution in [2.45, 2.75) is 65.0 Å². The van der Waals surface area contributed by atoms with Gasteiger partial charge in [0.05, 0.1) is 0 Å². The Morgan fingerprint density at radius 2 is 1.69 bits per heavy atom. The third-order valence-electron chi connectivity index (χ3n) is 2.42. The van der Waals surface area contributed by atoms with Crippen LogP contribution in [0, 0.1) is 11.8 Å². The Hall–Kier alpha value is 0.350. The minimum atomic E-state index is 0.239. The second-order valence-corrected chi connectivity index (χ2v) is 6.27. The minimum absolute atomic E-state index is 0.239. The summed E-state index contributed by atoms with van der Waals surface area (Å²) >= 11 is 4.76. The van der Waals surface area contributed by atoms with E-state index in [-0.39, 0.29) is 4.75 Å². The molecule has 0 aliphatic heterocycles. The van der Waals surface area contributed by atoms with Gasteiger partial charge in [0.25, 0.3) is 0 Å². The molecular weight excluding hydrogens is 176 g/mol. The van der Waals surface area contributed by atoms with Crippen LogP contribution in [0.1, 0.15) is 60.3 Å². The van der Waals surface area contributed by atoms with Gasteiger partial charge in [-0.05, 0) is 24.7 Å². The molecule has 1 heteroatoms. The van der Waals surface area contributed by atoms with E-state index in [9.17, 15) is 0 Å². The van der Waals surface area contributed by atoms with Gasteiger partial charge in [-0.25, -0.2) is 0 Å². The van der Waals surface area contributed by atoms with Gasteiger partial charge in [0.15, 0.2) is 0 Å². The zero-order chi connectivity index (χ0) is 10.5. The lowest BCUT2D eigenvalue weighted by atomic mass is 9.87. The standard InChI is InChI=1S/C12H26S/c1-6-7-11(4)9-12(5,13)8-10(2)3/h10-11,13H,6-9H2,1-5H3. The summed E-state index contributed by atoms with van der Waals surface area (Å²) in [4.78, 5) is 0. The molecule has 0 spiro atoms. The first-order chi connectivity index (χ1) is 5.87. The van der Waals surface area contributed by atoms with Gasteiger partial charge in [0.2, 0.25) is 0 Å². The van der Waals surface area contributed by atoms with Crippen molar-refractivity contribution in [1.82, 2.24) is 0 Å². The summed E-state index contributed by atoms with van der Waals surface area (Å²) in [7, 11) is 0. The van der Waals surface area contributed by atoms with Crippen LogP contribution in [0.3, 0.4) is 0 Å². The topological polar surface area (TPSA) is 0 Å². The average molecular weight is 202 g/mol. The summed E-state index contributed by atoms with van der Waals surface area (Å²) in [5, 5.41) is 0. The molecule has 0 aromatic rings. The van der Waals surface area contributed by atoms with Crippen LogP contribution in [-0.4, -0.2) is 4.75 Å². The highest BCUT2D eigenvalue weighted by Crippen LogP contribution is 2.31. The zero-order valence-corrected chi connectivity index (χ0v) is 10.8. The van der Waals surface area contributed by atoms with E-state index in [0.717, 1.165) is 11.8 Å². The smallest absolute Gasteiger partial charge is 0.0106 e. The number of thiol groups is 1. The van der Waals surface area contributed by atoms with E-state index in [1.165, 1.54) is 25.7 Å². The Labute approximate surface area is 89.9 Å². The van der Waals surface area contributed by atoms with E-state index in [4.69, 9.17) is 12.6 Å². The quantitative estimate of drug-likeness (QED) is 0.600. The summed E-state index contributed by atoms with van der Waals surface area (Å²) in [6.45, 7) is 11.4. The normalized spacial score (nSPS) is 18.7. The van der Waals surface area contributed by atoms with Gasteiger partial charge in [-0.3, -0.25) is 0 Å². The number of hydrogen-bond donors (Lipinski definition) is 1. The average Bonchev–Trinajstić information content (AvgIpc) is 1.81. The van der Waals surface area contributed by atoms with Crippen LogP contribution in [0.5, 0.6) is 0 Å². The molecule has 0 saturated carbocycles. The fraction of sp³-hybridized carbons (Fsp3) is 1.00. The van der Waals surface area contributed by atoms with Crippen LogP contribution in [-0.2, 0) is 0 Å². The molecule has 0 nitrogen and oxygen atoms in total. The van der Waals surface area contributed by atoms with Crippen molar-refractivity contribution in [1.29, 1.82) is 0 Å². The monoisotopic (exact) mass is 202 g/mol. The van der Waals surface area contributed by atoms with Crippen molar-refractivity contribution in [3.8, 4) is 0 Å². The van der Waals surface area contributed by atoms with E-state index < -0.39 is 0 Å². The Morgan fingerprint density at radius 1 is 1.15 bits per heavy atom. The molecule has 0 aliphatic carbocycles. The van der Waals surface area contributed by atoms with E-state index in [0.29, 0.717) is 0 Å². The highest BCUT2D eigenvalue weighted by molar-refractivity contribution is 7.81. The van der Waals surface area contributed by atoms with Crippen molar-refractivity contribution in [3.63, 3.8) is 0 Å². The molecule has 0 aliphatic rings. The van der Waals surface area contributed by atoms with Crippen molar-refractivity contribution in [2.75, 3.05) is 0 Å². The molecule has 0 fully saturated rings. The first kappa shape index (κ1) is 13.4. The molecule has 0 rings (SSSR count). The second kappa shape index (κ2) is 5.95. The molecule has 0 saturated heterocycles. The lowest BCUT2D eigenvalue weighted by Gasteiger charge is -2.28. The van der Waals surface area contributed by atoms with Gasteiger partial charge in [-0.2, -0.15) is 12.6 Å². The van der Waals surface area contributed by atoms with E-state index >= 15 is 0 Å². The molecule has 2 atom stereocenters. The maximum absolute atomic E-state index is 4.76. The SMILES string of the molecule is CCCC(C)CC(C)(S)CC(C)C. The van der Waals surface area contributed by atoms with Crippen molar-refractivity contribution < 1.29 is 0 Å². The lowest BCUT2D eigenvalue weighted by Crippen LogP contribution is -2.22. The lowest BCUT2D eigenvalue weighted by molar-refractivity contribution is 0.374. The fourth-order valence-electron chi connectivity index (χ4n) is 2.31. The third kappa shape index (κ3) is 7.42. The molecule has 0 amide bonds. The van der Waals surface area contributed by atoms with Crippen LogP contribution in [0.2, 0.25) is 0 Å². The van der Waals surface area contributed by atoms with Gasteiger partial charge in [0.1, 0.15) is 0 Å². The molecule has 0 bridgehead atoms. The van der Waals surface area contributed by atoms with Crippen LogP contribution in [0.4, 0.5) is 0 Å².